The number of pyridine rings is 1. The van der Waals surface area contributed by atoms with Crippen LogP contribution in [0.4, 0.5) is 5.82 Å². The highest BCUT2D eigenvalue weighted by molar-refractivity contribution is 5.88. The molecule has 20 heavy (non-hydrogen) atoms. The summed E-state index contributed by atoms with van der Waals surface area (Å²) in [5.74, 6) is 1.75. The number of benzene rings is 2. The highest BCUT2D eigenvalue weighted by Crippen LogP contribution is 2.26. The SMILES string of the molecule is CNc1ncccc1COc1cccc2ccccc12. The van der Waals surface area contributed by atoms with E-state index in [0.717, 1.165) is 22.5 Å². The van der Waals surface area contributed by atoms with Crippen molar-refractivity contribution < 1.29 is 4.74 Å². The van der Waals surface area contributed by atoms with Crippen LogP contribution in [0, 0.1) is 0 Å². The third-order valence-corrected chi connectivity index (χ3v) is 3.26. The van der Waals surface area contributed by atoms with E-state index in [-0.39, 0.29) is 0 Å². The van der Waals surface area contributed by atoms with Gasteiger partial charge in [0, 0.05) is 24.2 Å². The van der Waals surface area contributed by atoms with Gasteiger partial charge in [0.05, 0.1) is 0 Å². The van der Waals surface area contributed by atoms with E-state index in [1.54, 1.807) is 6.20 Å². The molecule has 100 valence electrons. The van der Waals surface area contributed by atoms with Crippen LogP contribution in [0.5, 0.6) is 5.75 Å². The van der Waals surface area contributed by atoms with Gasteiger partial charge in [0.25, 0.3) is 0 Å². The minimum absolute atomic E-state index is 0.498. The average molecular weight is 264 g/mol. The lowest BCUT2D eigenvalue weighted by Gasteiger charge is -2.11. The smallest absolute Gasteiger partial charge is 0.132 e. The van der Waals surface area contributed by atoms with Gasteiger partial charge in [-0.1, -0.05) is 42.5 Å². The predicted molar refractivity (Wildman–Crippen MR) is 82.1 cm³/mol. The second-order valence-electron chi connectivity index (χ2n) is 4.53. The molecule has 0 saturated heterocycles. The van der Waals surface area contributed by atoms with Crippen molar-refractivity contribution in [2.24, 2.45) is 0 Å². The van der Waals surface area contributed by atoms with Crippen LogP contribution >= 0.6 is 0 Å². The fourth-order valence-corrected chi connectivity index (χ4v) is 2.26. The van der Waals surface area contributed by atoms with Gasteiger partial charge in [0.1, 0.15) is 18.2 Å². The third-order valence-electron chi connectivity index (χ3n) is 3.26. The summed E-state index contributed by atoms with van der Waals surface area (Å²) in [6.45, 7) is 0.498. The summed E-state index contributed by atoms with van der Waals surface area (Å²) in [5.41, 5.74) is 1.04. The van der Waals surface area contributed by atoms with E-state index in [4.69, 9.17) is 4.74 Å². The average Bonchev–Trinajstić information content (AvgIpc) is 2.53. The van der Waals surface area contributed by atoms with Crippen LogP contribution in [-0.4, -0.2) is 12.0 Å². The molecule has 0 unspecified atom stereocenters. The maximum absolute atomic E-state index is 5.97. The Bertz CT molecular complexity index is 720. The molecule has 2 aromatic carbocycles. The summed E-state index contributed by atoms with van der Waals surface area (Å²) in [5, 5.41) is 5.39. The Morgan fingerprint density at radius 2 is 1.85 bits per heavy atom. The summed E-state index contributed by atoms with van der Waals surface area (Å²) in [6.07, 6.45) is 1.77. The number of aromatic nitrogens is 1. The van der Waals surface area contributed by atoms with Crippen LogP contribution in [0.2, 0.25) is 0 Å². The lowest BCUT2D eigenvalue weighted by Crippen LogP contribution is -2.02. The van der Waals surface area contributed by atoms with Crippen LogP contribution < -0.4 is 10.1 Å². The summed E-state index contributed by atoms with van der Waals surface area (Å²) in [7, 11) is 1.86. The molecule has 3 aromatic rings. The number of nitrogens with zero attached hydrogens (tertiary/aromatic N) is 1. The monoisotopic (exact) mass is 264 g/mol. The van der Waals surface area contributed by atoms with Crippen LogP contribution in [0.1, 0.15) is 5.56 Å². The zero-order valence-corrected chi connectivity index (χ0v) is 11.3. The molecule has 0 radical (unpaired) electrons. The van der Waals surface area contributed by atoms with Gasteiger partial charge in [-0.25, -0.2) is 4.98 Å². The van der Waals surface area contributed by atoms with Gasteiger partial charge >= 0.3 is 0 Å². The van der Waals surface area contributed by atoms with Gasteiger partial charge in [-0.2, -0.15) is 0 Å². The van der Waals surface area contributed by atoms with Crippen molar-refractivity contribution in [1.82, 2.24) is 4.98 Å². The highest BCUT2D eigenvalue weighted by atomic mass is 16.5. The summed E-state index contributed by atoms with van der Waals surface area (Å²) in [6, 6.07) is 18.3. The van der Waals surface area contributed by atoms with Crippen molar-refractivity contribution in [2.45, 2.75) is 6.61 Å². The lowest BCUT2D eigenvalue weighted by atomic mass is 10.1. The standard InChI is InChI=1S/C17H16N2O/c1-18-17-14(8-5-11-19-17)12-20-16-10-4-7-13-6-2-3-9-15(13)16/h2-11H,12H2,1H3,(H,18,19). The Hall–Kier alpha value is -2.55. The number of rotatable bonds is 4. The van der Waals surface area contributed by atoms with Crippen molar-refractivity contribution in [3.8, 4) is 5.75 Å². The molecule has 0 aliphatic heterocycles. The number of hydrogen-bond acceptors (Lipinski definition) is 3. The normalized spacial score (nSPS) is 10.4. The van der Waals surface area contributed by atoms with Crippen LogP contribution in [0.25, 0.3) is 10.8 Å². The molecule has 0 aliphatic rings. The molecule has 1 aromatic heterocycles. The summed E-state index contributed by atoms with van der Waals surface area (Å²) < 4.78 is 5.97. The highest BCUT2D eigenvalue weighted by Gasteiger charge is 2.05. The topological polar surface area (TPSA) is 34.2 Å². The van der Waals surface area contributed by atoms with E-state index in [0.29, 0.717) is 6.61 Å². The van der Waals surface area contributed by atoms with Crippen molar-refractivity contribution in [1.29, 1.82) is 0 Å². The molecule has 0 spiro atoms. The van der Waals surface area contributed by atoms with Gasteiger partial charge in [-0.05, 0) is 17.5 Å². The zero-order valence-electron chi connectivity index (χ0n) is 11.3. The number of anilines is 1. The first-order chi connectivity index (χ1) is 9.88. The Morgan fingerprint density at radius 3 is 2.75 bits per heavy atom. The second kappa shape index (κ2) is 5.61. The first-order valence-electron chi connectivity index (χ1n) is 6.60. The fourth-order valence-electron chi connectivity index (χ4n) is 2.26. The van der Waals surface area contributed by atoms with E-state index in [9.17, 15) is 0 Å². The predicted octanol–water partition coefficient (Wildman–Crippen LogP) is 3.86. The van der Waals surface area contributed by atoms with E-state index in [1.165, 1.54) is 5.39 Å². The van der Waals surface area contributed by atoms with Crippen LogP contribution in [-0.2, 0) is 6.61 Å². The lowest BCUT2D eigenvalue weighted by molar-refractivity contribution is 0.310. The van der Waals surface area contributed by atoms with E-state index in [1.807, 2.05) is 43.4 Å². The molecule has 3 rings (SSSR count). The van der Waals surface area contributed by atoms with Gasteiger partial charge in [-0.3, -0.25) is 0 Å². The van der Waals surface area contributed by atoms with Gasteiger partial charge in [0.15, 0.2) is 0 Å². The van der Waals surface area contributed by atoms with Crippen LogP contribution in [0.15, 0.2) is 60.8 Å². The molecule has 0 amide bonds. The number of fused-ring (bicyclic) bond motifs is 1. The van der Waals surface area contributed by atoms with E-state index in [2.05, 4.69) is 28.5 Å². The zero-order chi connectivity index (χ0) is 13.8. The minimum Gasteiger partial charge on any atom is -0.488 e. The first-order valence-corrected chi connectivity index (χ1v) is 6.60. The maximum Gasteiger partial charge on any atom is 0.132 e. The summed E-state index contributed by atoms with van der Waals surface area (Å²) >= 11 is 0. The molecule has 0 atom stereocenters. The van der Waals surface area contributed by atoms with Crippen molar-refractivity contribution in [2.75, 3.05) is 12.4 Å². The van der Waals surface area contributed by atoms with Crippen molar-refractivity contribution in [3.05, 3.63) is 66.4 Å². The number of hydrogen-bond donors (Lipinski definition) is 1. The molecule has 0 bridgehead atoms. The number of ether oxygens (including phenoxy) is 1. The molecular weight excluding hydrogens is 248 g/mol. The Balaban J connectivity index is 1.87. The molecule has 1 N–H and O–H groups in total. The van der Waals surface area contributed by atoms with Gasteiger partial charge in [-0.15, -0.1) is 0 Å². The van der Waals surface area contributed by atoms with Crippen molar-refractivity contribution >= 4 is 16.6 Å². The van der Waals surface area contributed by atoms with Gasteiger partial charge < -0.3 is 10.1 Å². The fraction of sp³-hybridized carbons (Fsp3) is 0.118. The van der Waals surface area contributed by atoms with E-state index < -0.39 is 0 Å². The molecule has 0 fully saturated rings. The Morgan fingerprint density at radius 1 is 1.00 bits per heavy atom. The van der Waals surface area contributed by atoms with Crippen molar-refractivity contribution in [3.63, 3.8) is 0 Å². The second-order valence-corrected chi connectivity index (χ2v) is 4.53. The number of nitrogens with one attached hydrogen (secondary N) is 1. The Kier molecular flexibility index (Phi) is 3.50. The molecule has 0 saturated carbocycles. The molecule has 0 aliphatic carbocycles. The maximum atomic E-state index is 5.97. The summed E-state index contributed by atoms with van der Waals surface area (Å²) in [4.78, 5) is 4.28. The molecule has 3 heteroatoms. The van der Waals surface area contributed by atoms with Crippen LogP contribution in [0.3, 0.4) is 0 Å². The minimum atomic E-state index is 0.498. The first kappa shape index (κ1) is 12.5. The molecule has 3 nitrogen and oxygen atoms in total. The molecular formula is C17H16N2O. The molecule has 1 heterocycles. The largest absolute Gasteiger partial charge is 0.488 e. The quantitative estimate of drug-likeness (QED) is 0.777. The van der Waals surface area contributed by atoms with Gasteiger partial charge in [0.2, 0.25) is 0 Å². The van der Waals surface area contributed by atoms with E-state index >= 15 is 0 Å². The third kappa shape index (κ3) is 2.43. The Labute approximate surface area is 118 Å².